The van der Waals surface area contributed by atoms with Crippen molar-refractivity contribution in [2.75, 3.05) is 31.5 Å². The average Bonchev–Trinajstić information content (AvgIpc) is 2.82. The van der Waals surface area contributed by atoms with Crippen LogP contribution < -0.4 is 10.6 Å². The molecule has 0 saturated heterocycles. The number of hydrogen-bond acceptors (Lipinski definition) is 6. The summed E-state index contributed by atoms with van der Waals surface area (Å²) in [7, 11) is 0. The van der Waals surface area contributed by atoms with E-state index in [0.717, 1.165) is 61.6 Å². The van der Waals surface area contributed by atoms with Gasteiger partial charge in [0.2, 0.25) is 0 Å². The molecule has 2 N–H and O–H groups in total. The van der Waals surface area contributed by atoms with Crippen LogP contribution in [0.25, 0.3) is 10.9 Å². The van der Waals surface area contributed by atoms with Crippen molar-refractivity contribution in [2.45, 2.75) is 13.1 Å². The maximum Gasteiger partial charge on any atom is 0.0737 e. The molecule has 0 unspecified atom stereocenters. The molecule has 4 aromatic rings. The third-order valence-electron chi connectivity index (χ3n) is 5.17. The van der Waals surface area contributed by atoms with Crippen molar-refractivity contribution < 1.29 is 0 Å². The Labute approximate surface area is 193 Å². The molecule has 0 saturated carbocycles. The highest BCUT2D eigenvalue weighted by Crippen LogP contribution is 2.24. The molecule has 0 bridgehead atoms. The number of nitrogens with one attached hydrogen (secondary N) is 2. The molecule has 1 aromatic carbocycles. The summed E-state index contributed by atoms with van der Waals surface area (Å²) in [5, 5.41) is 8.81. The van der Waals surface area contributed by atoms with Gasteiger partial charge < -0.3 is 10.6 Å². The number of halogens is 1. The van der Waals surface area contributed by atoms with Crippen LogP contribution in [0.15, 0.2) is 79.4 Å². The van der Waals surface area contributed by atoms with Crippen molar-refractivity contribution in [3.63, 3.8) is 0 Å². The van der Waals surface area contributed by atoms with E-state index in [1.807, 2.05) is 67.3 Å². The Balaban J connectivity index is 1.26. The van der Waals surface area contributed by atoms with Gasteiger partial charge in [-0.2, -0.15) is 0 Å². The first kappa shape index (κ1) is 22.1. The number of nitrogens with zero attached hydrogens (tertiary/aromatic N) is 4. The summed E-state index contributed by atoms with van der Waals surface area (Å²) in [5.74, 6) is 0. The maximum absolute atomic E-state index is 6.08. The standard InChI is InChI=1S/C25H27ClN6/c26-21-6-7-23-24(8-11-30-25(23)16-21)31-13-12-27-14-15-32(18-20-4-3-9-28-17-20)19-22-5-1-2-10-29-22/h1-11,16-17,27H,12-15,18-19H2,(H,30,31). The first-order chi connectivity index (χ1) is 15.8. The van der Waals surface area contributed by atoms with Crippen LogP contribution in [-0.2, 0) is 13.1 Å². The summed E-state index contributed by atoms with van der Waals surface area (Å²) >= 11 is 6.08. The Hall–Kier alpha value is -3.06. The van der Waals surface area contributed by atoms with Crippen molar-refractivity contribution in [1.82, 2.24) is 25.2 Å². The molecule has 0 aliphatic carbocycles. The Kier molecular flexibility index (Phi) is 7.98. The van der Waals surface area contributed by atoms with Crippen molar-refractivity contribution in [2.24, 2.45) is 0 Å². The number of pyridine rings is 3. The minimum absolute atomic E-state index is 0.699. The smallest absolute Gasteiger partial charge is 0.0737 e. The van der Waals surface area contributed by atoms with E-state index >= 15 is 0 Å². The van der Waals surface area contributed by atoms with Crippen LogP contribution in [0, 0.1) is 0 Å². The Morgan fingerprint density at radius 2 is 1.81 bits per heavy atom. The van der Waals surface area contributed by atoms with Crippen LogP contribution in [0.4, 0.5) is 5.69 Å². The zero-order valence-corrected chi connectivity index (χ0v) is 18.7. The van der Waals surface area contributed by atoms with Crippen molar-refractivity contribution in [1.29, 1.82) is 0 Å². The number of anilines is 1. The van der Waals surface area contributed by atoms with Crippen LogP contribution >= 0.6 is 11.6 Å². The molecular formula is C25H27ClN6. The lowest BCUT2D eigenvalue weighted by atomic mass is 10.2. The van der Waals surface area contributed by atoms with Gasteiger partial charge in [-0.15, -0.1) is 0 Å². The monoisotopic (exact) mass is 446 g/mol. The highest BCUT2D eigenvalue weighted by Gasteiger charge is 2.08. The summed E-state index contributed by atoms with van der Waals surface area (Å²) in [6, 6.07) is 17.9. The van der Waals surface area contributed by atoms with Gasteiger partial charge in [0, 0.05) is 80.2 Å². The van der Waals surface area contributed by atoms with E-state index in [0.29, 0.717) is 5.02 Å². The molecule has 164 valence electrons. The van der Waals surface area contributed by atoms with E-state index in [1.54, 1.807) is 0 Å². The lowest BCUT2D eigenvalue weighted by Gasteiger charge is -2.22. The third kappa shape index (κ3) is 6.47. The second kappa shape index (κ2) is 11.5. The zero-order valence-electron chi connectivity index (χ0n) is 17.9. The maximum atomic E-state index is 6.08. The fourth-order valence-corrected chi connectivity index (χ4v) is 3.77. The van der Waals surface area contributed by atoms with Gasteiger partial charge in [0.15, 0.2) is 0 Å². The molecule has 3 aromatic heterocycles. The van der Waals surface area contributed by atoms with Crippen LogP contribution in [0.5, 0.6) is 0 Å². The van der Waals surface area contributed by atoms with Crippen LogP contribution in [0.1, 0.15) is 11.3 Å². The first-order valence-corrected chi connectivity index (χ1v) is 11.2. The molecule has 0 spiro atoms. The predicted octanol–water partition coefficient (Wildman–Crippen LogP) is 4.38. The number of aromatic nitrogens is 3. The molecule has 4 rings (SSSR count). The summed E-state index contributed by atoms with van der Waals surface area (Å²) in [6.45, 7) is 5.15. The quantitative estimate of drug-likeness (QED) is 0.333. The lowest BCUT2D eigenvalue weighted by molar-refractivity contribution is 0.254. The fraction of sp³-hybridized carbons (Fsp3) is 0.240. The number of rotatable bonds is 11. The van der Waals surface area contributed by atoms with Crippen molar-refractivity contribution in [3.05, 3.63) is 95.7 Å². The second-order valence-electron chi connectivity index (χ2n) is 7.59. The van der Waals surface area contributed by atoms with E-state index in [-0.39, 0.29) is 0 Å². The molecule has 7 heteroatoms. The molecule has 0 aliphatic heterocycles. The van der Waals surface area contributed by atoms with E-state index in [1.165, 1.54) is 5.56 Å². The Bertz CT molecular complexity index is 1070. The van der Waals surface area contributed by atoms with Crippen molar-refractivity contribution >= 4 is 28.2 Å². The molecule has 6 nitrogen and oxygen atoms in total. The van der Waals surface area contributed by atoms with E-state index in [4.69, 9.17) is 11.6 Å². The Morgan fingerprint density at radius 1 is 0.844 bits per heavy atom. The minimum Gasteiger partial charge on any atom is -0.383 e. The topological polar surface area (TPSA) is 66.0 Å². The van der Waals surface area contributed by atoms with Gasteiger partial charge in [0.05, 0.1) is 11.2 Å². The first-order valence-electron chi connectivity index (χ1n) is 10.8. The van der Waals surface area contributed by atoms with E-state index < -0.39 is 0 Å². The SMILES string of the molecule is Clc1ccc2c(NCCNCCN(Cc3cccnc3)Cc3ccccn3)ccnc2c1. The van der Waals surface area contributed by atoms with Crippen LogP contribution in [0.3, 0.4) is 0 Å². The largest absolute Gasteiger partial charge is 0.383 e. The van der Waals surface area contributed by atoms with Gasteiger partial charge >= 0.3 is 0 Å². The summed E-state index contributed by atoms with van der Waals surface area (Å²) in [6.07, 6.45) is 7.39. The van der Waals surface area contributed by atoms with Gasteiger partial charge in [-0.05, 0) is 48.0 Å². The summed E-state index contributed by atoms with van der Waals surface area (Å²) < 4.78 is 0. The highest BCUT2D eigenvalue weighted by molar-refractivity contribution is 6.31. The van der Waals surface area contributed by atoms with Crippen LogP contribution in [0.2, 0.25) is 5.02 Å². The summed E-state index contributed by atoms with van der Waals surface area (Å²) in [5.41, 5.74) is 4.25. The number of hydrogen-bond donors (Lipinski definition) is 2. The normalized spacial score (nSPS) is 11.2. The fourth-order valence-electron chi connectivity index (χ4n) is 3.61. The molecule has 0 amide bonds. The van der Waals surface area contributed by atoms with Crippen molar-refractivity contribution in [3.8, 4) is 0 Å². The van der Waals surface area contributed by atoms with Gasteiger partial charge in [0.1, 0.15) is 0 Å². The minimum atomic E-state index is 0.699. The van der Waals surface area contributed by atoms with Gasteiger partial charge in [-0.1, -0.05) is 23.7 Å². The number of fused-ring (bicyclic) bond motifs is 1. The molecule has 0 fully saturated rings. The van der Waals surface area contributed by atoms with E-state index in [2.05, 4.69) is 42.6 Å². The Morgan fingerprint density at radius 3 is 2.66 bits per heavy atom. The van der Waals surface area contributed by atoms with Gasteiger partial charge in [-0.25, -0.2) is 0 Å². The zero-order chi connectivity index (χ0) is 22.0. The molecule has 0 aliphatic rings. The highest BCUT2D eigenvalue weighted by atomic mass is 35.5. The van der Waals surface area contributed by atoms with Gasteiger partial charge in [0.25, 0.3) is 0 Å². The average molecular weight is 447 g/mol. The molecule has 3 heterocycles. The van der Waals surface area contributed by atoms with E-state index in [9.17, 15) is 0 Å². The molecule has 0 atom stereocenters. The molecular weight excluding hydrogens is 420 g/mol. The van der Waals surface area contributed by atoms with Gasteiger partial charge in [-0.3, -0.25) is 19.9 Å². The molecule has 32 heavy (non-hydrogen) atoms. The van der Waals surface area contributed by atoms with Crippen LogP contribution in [-0.4, -0.2) is 46.0 Å². The summed E-state index contributed by atoms with van der Waals surface area (Å²) in [4.78, 5) is 15.5. The molecule has 0 radical (unpaired) electrons. The third-order valence-corrected chi connectivity index (χ3v) is 5.40. The second-order valence-corrected chi connectivity index (χ2v) is 8.03. The lowest BCUT2D eigenvalue weighted by Crippen LogP contribution is -2.33. The predicted molar refractivity (Wildman–Crippen MR) is 131 cm³/mol. The number of benzene rings is 1.